The summed E-state index contributed by atoms with van der Waals surface area (Å²) < 4.78 is 0. The SMILES string of the molecule is C/[C]=C\C=C\CCCCCCCCCCC. The molecule has 0 aromatic carbocycles. The summed E-state index contributed by atoms with van der Waals surface area (Å²) in [5.74, 6) is 0. The van der Waals surface area contributed by atoms with Gasteiger partial charge in [0.15, 0.2) is 0 Å². The van der Waals surface area contributed by atoms with E-state index in [1.807, 2.05) is 13.0 Å². The summed E-state index contributed by atoms with van der Waals surface area (Å²) in [6.45, 7) is 4.21. The molecule has 0 fully saturated rings. The van der Waals surface area contributed by atoms with Crippen LogP contribution in [0.25, 0.3) is 0 Å². The highest BCUT2D eigenvalue weighted by molar-refractivity contribution is 4.97. The molecule has 0 nitrogen and oxygen atoms in total. The van der Waals surface area contributed by atoms with Crippen LogP contribution in [0.3, 0.4) is 0 Å². The van der Waals surface area contributed by atoms with E-state index in [4.69, 9.17) is 0 Å². The van der Waals surface area contributed by atoms with Crippen LogP contribution in [0.2, 0.25) is 0 Å². The quantitative estimate of drug-likeness (QED) is 0.303. The third-order valence-corrected chi connectivity index (χ3v) is 2.87. The van der Waals surface area contributed by atoms with Crippen molar-refractivity contribution >= 4 is 0 Å². The van der Waals surface area contributed by atoms with E-state index in [0.29, 0.717) is 0 Å². The first kappa shape index (κ1) is 15.5. The van der Waals surface area contributed by atoms with Gasteiger partial charge in [-0.15, -0.1) is 0 Å². The number of hydrogen-bond acceptors (Lipinski definition) is 0. The van der Waals surface area contributed by atoms with Crippen molar-refractivity contribution in [2.24, 2.45) is 0 Å². The Bertz CT molecular complexity index is 165. The molecule has 0 aromatic rings. The molecule has 0 rings (SSSR count). The van der Waals surface area contributed by atoms with Crippen LogP contribution in [-0.2, 0) is 0 Å². The maximum Gasteiger partial charge on any atom is -0.0348 e. The summed E-state index contributed by atoms with van der Waals surface area (Å²) >= 11 is 0. The van der Waals surface area contributed by atoms with Gasteiger partial charge in [0.25, 0.3) is 0 Å². The number of rotatable bonds is 11. The molecule has 0 unspecified atom stereocenters. The van der Waals surface area contributed by atoms with Gasteiger partial charge in [-0.25, -0.2) is 0 Å². The largest absolute Gasteiger partial charge is 0.0845 e. The zero-order valence-corrected chi connectivity index (χ0v) is 11.3. The minimum Gasteiger partial charge on any atom is -0.0845 e. The summed E-state index contributed by atoms with van der Waals surface area (Å²) in [6, 6.07) is 0. The Morgan fingerprint density at radius 2 is 1.38 bits per heavy atom. The van der Waals surface area contributed by atoms with Crippen molar-refractivity contribution in [1.82, 2.24) is 0 Å². The van der Waals surface area contributed by atoms with E-state index in [2.05, 4.69) is 25.2 Å². The Kier molecular flexibility index (Phi) is 14.0. The molecule has 0 aliphatic rings. The molecule has 0 spiro atoms. The van der Waals surface area contributed by atoms with Crippen LogP contribution >= 0.6 is 0 Å². The van der Waals surface area contributed by atoms with Crippen molar-refractivity contribution in [3.63, 3.8) is 0 Å². The van der Waals surface area contributed by atoms with Crippen LogP contribution in [0.5, 0.6) is 0 Å². The molecule has 0 heterocycles. The molecule has 0 aliphatic heterocycles. The van der Waals surface area contributed by atoms with Gasteiger partial charge in [-0.3, -0.25) is 0 Å². The van der Waals surface area contributed by atoms with Crippen LogP contribution in [0.4, 0.5) is 0 Å². The lowest BCUT2D eigenvalue weighted by Gasteiger charge is -2.00. The smallest absolute Gasteiger partial charge is 0.0348 e. The predicted molar refractivity (Wildman–Crippen MR) is 74.5 cm³/mol. The average molecular weight is 221 g/mol. The van der Waals surface area contributed by atoms with Crippen LogP contribution in [0.15, 0.2) is 18.2 Å². The van der Waals surface area contributed by atoms with Gasteiger partial charge in [0.1, 0.15) is 0 Å². The molecule has 0 aliphatic carbocycles. The number of unbranched alkanes of at least 4 members (excludes halogenated alkanes) is 9. The minimum absolute atomic E-state index is 1.23. The summed E-state index contributed by atoms with van der Waals surface area (Å²) in [6.07, 6.45) is 23.3. The second-order valence-electron chi connectivity index (χ2n) is 4.50. The Labute approximate surface area is 103 Å². The van der Waals surface area contributed by atoms with E-state index in [1.54, 1.807) is 0 Å². The van der Waals surface area contributed by atoms with Gasteiger partial charge >= 0.3 is 0 Å². The zero-order valence-electron chi connectivity index (χ0n) is 11.3. The first-order valence-electron chi connectivity index (χ1n) is 7.07. The molecule has 1 radical (unpaired) electrons. The van der Waals surface area contributed by atoms with Gasteiger partial charge in [-0.05, 0) is 25.8 Å². The Balaban J connectivity index is 2.98. The van der Waals surface area contributed by atoms with Crippen LogP contribution < -0.4 is 0 Å². The van der Waals surface area contributed by atoms with Gasteiger partial charge in [0.05, 0.1) is 0 Å². The molecular weight excluding hydrogens is 192 g/mol. The highest BCUT2D eigenvalue weighted by Crippen LogP contribution is 2.10. The van der Waals surface area contributed by atoms with Gasteiger partial charge < -0.3 is 0 Å². The van der Waals surface area contributed by atoms with E-state index in [-0.39, 0.29) is 0 Å². The summed E-state index contributed by atoms with van der Waals surface area (Å²) in [5.41, 5.74) is 0. The van der Waals surface area contributed by atoms with Crippen molar-refractivity contribution in [2.45, 2.75) is 78.1 Å². The highest BCUT2D eigenvalue weighted by Gasteiger charge is 1.90. The Morgan fingerprint density at radius 1 is 0.812 bits per heavy atom. The lowest BCUT2D eigenvalue weighted by atomic mass is 10.1. The van der Waals surface area contributed by atoms with Crippen molar-refractivity contribution in [1.29, 1.82) is 0 Å². The third-order valence-electron chi connectivity index (χ3n) is 2.87. The maximum atomic E-state index is 2.99. The molecular formula is C16H29. The second kappa shape index (κ2) is 14.5. The van der Waals surface area contributed by atoms with E-state index in [9.17, 15) is 0 Å². The molecule has 0 bridgehead atoms. The van der Waals surface area contributed by atoms with Crippen molar-refractivity contribution in [3.8, 4) is 0 Å². The van der Waals surface area contributed by atoms with Crippen molar-refractivity contribution in [2.75, 3.05) is 0 Å². The average Bonchev–Trinajstić information content (AvgIpc) is 2.31. The zero-order chi connectivity index (χ0) is 11.9. The standard InChI is InChI=1S/C16H29/c1-3-5-7-9-11-13-15-16-14-12-10-8-6-4-2/h6,8,10H,3,5,7,9,11-16H2,1-2H3/b6-4?,10-8+. The molecule has 0 N–H and O–H groups in total. The van der Waals surface area contributed by atoms with E-state index in [1.165, 1.54) is 64.2 Å². The Hall–Kier alpha value is -0.520. The maximum absolute atomic E-state index is 2.99. The number of allylic oxidation sites excluding steroid dienone is 4. The second-order valence-corrected chi connectivity index (χ2v) is 4.50. The third kappa shape index (κ3) is 13.5. The molecule has 93 valence electrons. The fourth-order valence-electron chi connectivity index (χ4n) is 1.83. The molecule has 0 saturated heterocycles. The minimum atomic E-state index is 1.23. The molecule has 0 saturated carbocycles. The van der Waals surface area contributed by atoms with Gasteiger partial charge in [0.2, 0.25) is 0 Å². The van der Waals surface area contributed by atoms with Crippen LogP contribution in [-0.4, -0.2) is 0 Å². The van der Waals surface area contributed by atoms with Crippen LogP contribution in [0.1, 0.15) is 78.1 Å². The fraction of sp³-hybridized carbons (Fsp3) is 0.750. The molecule has 0 heteroatoms. The molecule has 0 aromatic heterocycles. The fourth-order valence-corrected chi connectivity index (χ4v) is 1.83. The van der Waals surface area contributed by atoms with E-state index >= 15 is 0 Å². The summed E-state index contributed by atoms with van der Waals surface area (Å²) in [4.78, 5) is 0. The first-order valence-corrected chi connectivity index (χ1v) is 7.07. The first-order chi connectivity index (χ1) is 7.91. The highest BCUT2D eigenvalue weighted by atomic mass is 14.0. The molecule has 16 heavy (non-hydrogen) atoms. The lowest BCUT2D eigenvalue weighted by Crippen LogP contribution is -1.80. The van der Waals surface area contributed by atoms with Gasteiger partial charge in [0, 0.05) is 0 Å². The van der Waals surface area contributed by atoms with E-state index in [0.717, 1.165) is 0 Å². The molecule has 0 atom stereocenters. The Morgan fingerprint density at radius 3 is 1.94 bits per heavy atom. The molecule has 0 amide bonds. The van der Waals surface area contributed by atoms with E-state index < -0.39 is 0 Å². The van der Waals surface area contributed by atoms with Crippen molar-refractivity contribution in [3.05, 3.63) is 24.3 Å². The van der Waals surface area contributed by atoms with Gasteiger partial charge in [-0.1, -0.05) is 76.5 Å². The van der Waals surface area contributed by atoms with Crippen molar-refractivity contribution < 1.29 is 0 Å². The summed E-state index contributed by atoms with van der Waals surface area (Å²) in [7, 11) is 0. The normalized spacial score (nSPS) is 11.9. The van der Waals surface area contributed by atoms with Gasteiger partial charge in [-0.2, -0.15) is 0 Å². The lowest BCUT2D eigenvalue weighted by molar-refractivity contribution is 0.566. The van der Waals surface area contributed by atoms with Crippen LogP contribution in [0, 0.1) is 6.08 Å². The monoisotopic (exact) mass is 221 g/mol. The summed E-state index contributed by atoms with van der Waals surface area (Å²) in [5, 5.41) is 0. The number of hydrogen-bond donors (Lipinski definition) is 0. The topological polar surface area (TPSA) is 0 Å². The predicted octanol–water partition coefficient (Wildman–Crippen LogP) is 5.84.